The number of hydrogen-bond acceptors (Lipinski definition) is 13. The molecule has 14 nitrogen and oxygen atoms in total. The van der Waals surface area contributed by atoms with Gasteiger partial charge in [-0.1, -0.05) is 6.07 Å². The maximum absolute atomic E-state index is 13.6. The molecule has 2 aromatic carbocycles. The van der Waals surface area contributed by atoms with Gasteiger partial charge in [0.1, 0.15) is 18.3 Å². The van der Waals surface area contributed by atoms with Gasteiger partial charge in [-0.3, -0.25) is 4.79 Å². The number of carbonyl (C=O) groups is 3. The highest BCUT2D eigenvalue weighted by Crippen LogP contribution is 2.47. The average molecular weight is 577 g/mol. The molecule has 1 aliphatic carbocycles. The number of aliphatic hydroxyl groups is 3. The number of fused-ring (bicyclic) bond motifs is 1. The van der Waals surface area contributed by atoms with Crippen molar-refractivity contribution in [2.75, 3.05) is 13.7 Å². The summed E-state index contributed by atoms with van der Waals surface area (Å²) >= 11 is 0. The number of carboxylic acids is 1. The van der Waals surface area contributed by atoms with E-state index in [-0.39, 0.29) is 16.7 Å². The summed E-state index contributed by atoms with van der Waals surface area (Å²) < 4.78 is 15.3. The van der Waals surface area contributed by atoms with Crippen LogP contribution >= 0.6 is 0 Å². The van der Waals surface area contributed by atoms with Gasteiger partial charge in [-0.25, -0.2) is 9.59 Å². The van der Waals surface area contributed by atoms with Gasteiger partial charge in [0.15, 0.2) is 35.2 Å². The highest BCUT2D eigenvalue weighted by atomic mass is 16.6. The number of ether oxygens (including phenoxy) is 3. The van der Waals surface area contributed by atoms with E-state index in [1.54, 1.807) is 0 Å². The van der Waals surface area contributed by atoms with Gasteiger partial charge in [0.2, 0.25) is 0 Å². The molecule has 0 unspecified atom stereocenters. The Morgan fingerprint density at radius 1 is 1.00 bits per heavy atom. The van der Waals surface area contributed by atoms with Crippen LogP contribution in [0, 0.1) is 5.92 Å². The first kappa shape index (κ1) is 29.6. The van der Waals surface area contributed by atoms with Crippen LogP contribution in [0.25, 0.3) is 6.08 Å². The van der Waals surface area contributed by atoms with E-state index in [1.165, 1.54) is 6.07 Å². The van der Waals surface area contributed by atoms with E-state index in [0.717, 1.165) is 37.5 Å². The van der Waals surface area contributed by atoms with Crippen molar-refractivity contribution in [3.05, 3.63) is 52.6 Å². The molecule has 220 valence electrons. The summed E-state index contributed by atoms with van der Waals surface area (Å²) in [4.78, 5) is 37.9. The third-order valence-corrected chi connectivity index (χ3v) is 7.11. The second-order valence-corrected chi connectivity index (χ2v) is 9.69. The molecule has 0 bridgehead atoms. The number of rotatable bonds is 7. The minimum Gasteiger partial charge on any atom is -0.504 e. The molecule has 0 radical (unpaired) electrons. The van der Waals surface area contributed by atoms with Crippen molar-refractivity contribution in [1.29, 1.82) is 0 Å². The standard InChI is InChI=1S/C27H28O14/c1-39-27(38)18(32)8-20-24(23(34)19(33)9-40-20)41-26(37)13-4-11-6-16(30)17(31)7-12(11)21(22(13)25(35)36)10-2-3-14(28)15(29)5-10/h2-7,18-24,28-34H,8-9H2,1H3,(H,35,36)/t18-,19+,20+,21-,22-,23-,24-/m1/s1. The van der Waals surface area contributed by atoms with Crippen LogP contribution in [0.1, 0.15) is 29.0 Å². The molecule has 2 aromatic rings. The molecule has 14 heteroatoms. The predicted molar refractivity (Wildman–Crippen MR) is 135 cm³/mol. The Labute approximate surface area is 231 Å². The van der Waals surface area contributed by atoms with Gasteiger partial charge in [0.05, 0.1) is 25.2 Å². The molecule has 7 atom stereocenters. The molecule has 0 amide bonds. The lowest BCUT2D eigenvalue weighted by molar-refractivity contribution is -0.211. The highest BCUT2D eigenvalue weighted by molar-refractivity contribution is 6.02. The van der Waals surface area contributed by atoms with Crippen LogP contribution < -0.4 is 0 Å². The average Bonchev–Trinajstić information content (AvgIpc) is 2.93. The number of hydrogen-bond donors (Lipinski definition) is 8. The quantitative estimate of drug-likeness (QED) is 0.156. The minimum atomic E-state index is -1.74. The Morgan fingerprint density at radius 2 is 1.66 bits per heavy atom. The fraction of sp³-hybridized carbons (Fsp3) is 0.370. The highest BCUT2D eigenvalue weighted by Gasteiger charge is 2.46. The van der Waals surface area contributed by atoms with E-state index in [4.69, 9.17) is 9.47 Å². The minimum absolute atomic E-state index is 0.112. The number of carbonyl (C=O) groups excluding carboxylic acids is 2. The summed E-state index contributed by atoms with van der Waals surface area (Å²) in [7, 11) is 1.03. The van der Waals surface area contributed by atoms with Gasteiger partial charge in [0.25, 0.3) is 0 Å². The van der Waals surface area contributed by atoms with Crippen LogP contribution in [-0.4, -0.2) is 103 Å². The van der Waals surface area contributed by atoms with Crippen molar-refractivity contribution >= 4 is 24.0 Å². The summed E-state index contributed by atoms with van der Waals surface area (Å²) in [6, 6.07) is 5.68. The van der Waals surface area contributed by atoms with E-state index >= 15 is 0 Å². The van der Waals surface area contributed by atoms with Crippen LogP contribution in [0.4, 0.5) is 0 Å². The monoisotopic (exact) mass is 576 g/mol. The summed E-state index contributed by atoms with van der Waals surface area (Å²) in [5, 5.41) is 81.2. The zero-order valence-corrected chi connectivity index (χ0v) is 21.4. The first-order valence-electron chi connectivity index (χ1n) is 12.3. The van der Waals surface area contributed by atoms with Crippen molar-refractivity contribution in [3.8, 4) is 23.0 Å². The van der Waals surface area contributed by atoms with Crippen molar-refractivity contribution in [2.24, 2.45) is 5.92 Å². The van der Waals surface area contributed by atoms with Gasteiger partial charge in [-0.2, -0.15) is 0 Å². The predicted octanol–water partition coefficient (Wildman–Crippen LogP) is -0.305. The van der Waals surface area contributed by atoms with Crippen molar-refractivity contribution in [1.82, 2.24) is 0 Å². The number of aliphatic carboxylic acids is 1. The molecule has 8 N–H and O–H groups in total. The molecule has 0 spiro atoms. The second-order valence-electron chi connectivity index (χ2n) is 9.69. The van der Waals surface area contributed by atoms with Gasteiger partial charge in [-0.15, -0.1) is 0 Å². The van der Waals surface area contributed by atoms with Crippen LogP contribution in [-0.2, 0) is 28.6 Å². The van der Waals surface area contributed by atoms with Gasteiger partial charge < -0.3 is 55.1 Å². The molecule has 0 aromatic heterocycles. The largest absolute Gasteiger partial charge is 0.504 e. The lowest BCUT2D eigenvalue weighted by Gasteiger charge is -2.39. The fourth-order valence-electron chi connectivity index (χ4n) is 5.03. The van der Waals surface area contributed by atoms with Gasteiger partial charge >= 0.3 is 17.9 Å². The number of aromatic hydroxyl groups is 4. The zero-order valence-electron chi connectivity index (χ0n) is 21.4. The van der Waals surface area contributed by atoms with Crippen molar-refractivity contribution < 1.29 is 69.4 Å². The van der Waals surface area contributed by atoms with Gasteiger partial charge in [0, 0.05) is 12.3 Å². The Bertz CT molecular complexity index is 1380. The number of aliphatic hydroxyl groups excluding tert-OH is 3. The zero-order chi connectivity index (χ0) is 30.2. The second kappa shape index (κ2) is 11.6. The van der Waals surface area contributed by atoms with E-state index < -0.39 is 102 Å². The topological polar surface area (TPSA) is 241 Å². The lowest BCUT2D eigenvalue weighted by atomic mass is 9.71. The number of esters is 2. The van der Waals surface area contributed by atoms with Crippen LogP contribution in [0.15, 0.2) is 35.9 Å². The van der Waals surface area contributed by atoms with Crippen LogP contribution in [0.3, 0.4) is 0 Å². The van der Waals surface area contributed by atoms with E-state index in [2.05, 4.69) is 4.74 Å². The molecule has 2 aliphatic rings. The molecular weight excluding hydrogens is 548 g/mol. The number of phenolic OH excluding ortho intramolecular Hbond substituents is 4. The SMILES string of the molecule is COC(=O)[C@H](O)C[C@@H]1OC[C@H](O)[C@@H](O)[C@@H]1OC(=O)C1=Cc2cc(O)c(O)cc2[C@@H](c2ccc(O)c(O)c2)[C@@H]1C(=O)O. The fourth-order valence-corrected chi connectivity index (χ4v) is 5.03. The first-order valence-corrected chi connectivity index (χ1v) is 12.3. The number of methoxy groups -OCH3 is 1. The molecule has 1 fully saturated rings. The Balaban J connectivity index is 1.77. The van der Waals surface area contributed by atoms with Crippen molar-refractivity contribution in [2.45, 2.75) is 42.9 Å². The smallest absolute Gasteiger partial charge is 0.335 e. The lowest BCUT2D eigenvalue weighted by Crippen LogP contribution is -2.56. The molecule has 1 aliphatic heterocycles. The first-order chi connectivity index (χ1) is 19.3. The van der Waals surface area contributed by atoms with E-state index in [1.807, 2.05) is 0 Å². The number of carboxylic acid groups (broad SMARTS) is 1. The summed E-state index contributed by atoms with van der Waals surface area (Å²) in [5.74, 6) is -9.04. The summed E-state index contributed by atoms with van der Waals surface area (Å²) in [6.45, 7) is -0.420. The van der Waals surface area contributed by atoms with E-state index in [9.17, 15) is 55.2 Å². The van der Waals surface area contributed by atoms with Crippen LogP contribution in [0.2, 0.25) is 0 Å². The summed E-state index contributed by atoms with van der Waals surface area (Å²) in [5.41, 5.74) is -0.0921. The maximum atomic E-state index is 13.6. The van der Waals surface area contributed by atoms with Crippen molar-refractivity contribution in [3.63, 3.8) is 0 Å². The molecule has 4 rings (SSSR count). The van der Waals surface area contributed by atoms with Crippen LogP contribution in [0.5, 0.6) is 23.0 Å². The normalized spacial score (nSPS) is 26.3. The molecule has 1 saturated heterocycles. The number of benzene rings is 2. The maximum Gasteiger partial charge on any atom is 0.335 e. The Hall–Kier alpha value is -4.37. The summed E-state index contributed by atoms with van der Waals surface area (Å²) in [6.07, 6.45) is -7.36. The Kier molecular flexibility index (Phi) is 8.39. The molecule has 1 heterocycles. The number of phenols is 4. The third-order valence-electron chi connectivity index (χ3n) is 7.11. The molecular formula is C27H28O14. The van der Waals surface area contributed by atoms with E-state index in [0.29, 0.717) is 0 Å². The Morgan fingerprint density at radius 3 is 2.29 bits per heavy atom. The molecule has 41 heavy (non-hydrogen) atoms. The molecule has 0 saturated carbocycles. The third kappa shape index (κ3) is 5.76. The van der Waals surface area contributed by atoms with Gasteiger partial charge in [-0.05, 0) is 47.0 Å².